The molecular formula is C20H19IN4O5S2. The number of pyridine rings is 1. The maximum Gasteiger partial charge on any atom is 0.263 e. The molecule has 12 heteroatoms. The molecule has 3 aromatic rings. The average molecular weight is 586 g/mol. The summed E-state index contributed by atoms with van der Waals surface area (Å²) < 4.78 is 53.6. The van der Waals surface area contributed by atoms with Gasteiger partial charge in [0.1, 0.15) is 12.4 Å². The van der Waals surface area contributed by atoms with Crippen molar-refractivity contribution in [3.8, 4) is 0 Å². The molecule has 0 aliphatic rings. The van der Waals surface area contributed by atoms with Crippen molar-refractivity contribution >= 4 is 65.7 Å². The van der Waals surface area contributed by atoms with Crippen molar-refractivity contribution in [2.24, 2.45) is 0 Å². The molecule has 168 valence electrons. The van der Waals surface area contributed by atoms with Crippen molar-refractivity contribution in [1.82, 2.24) is 4.98 Å². The molecule has 0 radical (unpaired) electrons. The van der Waals surface area contributed by atoms with Crippen LogP contribution in [-0.2, 0) is 24.8 Å². The minimum atomic E-state index is -3.85. The predicted molar refractivity (Wildman–Crippen MR) is 131 cm³/mol. The highest BCUT2D eigenvalue weighted by atomic mass is 127. The molecule has 2 aromatic carbocycles. The van der Waals surface area contributed by atoms with Crippen LogP contribution in [0, 0.1) is 3.57 Å². The third-order valence-electron chi connectivity index (χ3n) is 4.15. The predicted octanol–water partition coefficient (Wildman–Crippen LogP) is 2.89. The number of sulfonamides is 2. The van der Waals surface area contributed by atoms with Gasteiger partial charge in [0.25, 0.3) is 10.0 Å². The molecule has 0 atom stereocenters. The summed E-state index contributed by atoms with van der Waals surface area (Å²) >= 11 is 2.10. The highest BCUT2D eigenvalue weighted by molar-refractivity contribution is 14.1. The van der Waals surface area contributed by atoms with Crippen LogP contribution in [0.2, 0.25) is 0 Å². The van der Waals surface area contributed by atoms with Gasteiger partial charge in [0.05, 0.1) is 16.8 Å². The van der Waals surface area contributed by atoms with E-state index in [9.17, 15) is 21.6 Å². The van der Waals surface area contributed by atoms with Crippen LogP contribution in [-0.4, -0.2) is 40.5 Å². The maximum absolute atomic E-state index is 12.5. The summed E-state index contributed by atoms with van der Waals surface area (Å²) in [7, 11) is -7.55. The van der Waals surface area contributed by atoms with Gasteiger partial charge >= 0.3 is 0 Å². The SMILES string of the molecule is CS(=O)(=O)N(CC(=O)Nc1ccc(S(=O)(=O)Nc2ccccn2)cc1)c1ccc(I)cc1. The molecule has 9 nitrogen and oxygen atoms in total. The highest BCUT2D eigenvalue weighted by Gasteiger charge is 2.21. The largest absolute Gasteiger partial charge is 0.325 e. The van der Waals surface area contributed by atoms with Gasteiger partial charge in [0.2, 0.25) is 15.9 Å². The van der Waals surface area contributed by atoms with E-state index in [0.29, 0.717) is 11.4 Å². The number of hydrogen-bond acceptors (Lipinski definition) is 6. The third-order valence-corrected chi connectivity index (χ3v) is 7.38. The van der Waals surface area contributed by atoms with Crippen molar-refractivity contribution in [2.45, 2.75) is 4.90 Å². The zero-order valence-electron chi connectivity index (χ0n) is 16.8. The number of amides is 1. The van der Waals surface area contributed by atoms with E-state index in [4.69, 9.17) is 0 Å². The van der Waals surface area contributed by atoms with Crippen LogP contribution in [0.5, 0.6) is 0 Å². The van der Waals surface area contributed by atoms with Gasteiger partial charge in [0.15, 0.2) is 0 Å². The highest BCUT2D eigenvalue weighted by Crippen LogP contribution is 2.20. The van der Waals surface area contributed by atoms with Crippen LogP contribution < -0.4 is 14.3 Å². The van der Waals surface area contributed by atoms with Gasteiger partial charge < -0.3 is 5.32 Å². The quantitative estimate of drug-likeness (QED) is 0.391. The first kappa shape index (κ1) is 23.9. The third kappa shape index (κ3) is 6.40. The Kier molecular flexibility index (Phi) is 7.36. The van der Waals surface area contributed by atoms with Crippen LogP contribution in [0.1, 0.15) is 0 Å². The molecule has 1 heterocycles. The Morgan fingerprint density at radius 3 is 2.19 bits per heavy atom. The molecular weight excluding hydrogens is 567 g/mol. The zero-order valence-corrected chi connectivity index (χ0v) is 20.6. The molecule has 0 aliphatic carbocycles. The van der Waals surface area contributed by atoms with E-state index < -0.39 is 32.5 Å². The first-order chi connectivity index (χ1) is 15.0. The number of halogens is 1. The van der Waals surface area contributed by atoms with Gasteiger partial charge in [-0.15, -0.1) is 0 Å². The lowest BCUT2D eigenvalue weighted by Gasteiger charge is -2.22. The number of nitrogens with zero attached hydrogens (tertiary/aromatic N) is 2. The number of anilines is 3. The molecule has 0 fully saturated rings. The summed E-state index contributed by atoms with van der Waals surface area (Å²) in [5, 5.41) is 2.58. The second kappa shape index (κ2) is 9.83. The average Bonchev–Trinajstić information content (AvgIpc) is 2.73. The van der Waals surface area contributed by atoms with Crippen LogP contribution in [0.3, 0.4) is 0 Å². The lowest BCUT2D eigenvalue weighted by Crippen LogP contribution is -2.37. The Morgan fingerprint density at radius 2 is 1.62 bits per heavy atom. The summed E-state index contributed by atoms with van der Waals surface area (Å²) in [5.41, 5.74) is 0.688. The van der Waals surface area contributed by atoms with Crippen molar-refractivity contribution in [3.63, 3.8) is 0 Å². The minimum Gasteiger partial charge on any atom is -0.325 e. The fourth-order valence-corrected chi connectivity index (χ4v) is 4.90. The molecule has 32 heavy (non-hydrogen) atoms. The number of benzene rings is 2. The first-order valence-corrected chi connectivity index (χ1v) is 13.5. The smallest absolute Gasteiger partial charge is 0.263 e. The van der Waals surface area contributed by atoms with Gasteiger partial charge in [-0.2, -0.15) is 0 Å². The van der Waals surface area contributed by atoms with E-state index in [-0.39, 0.29) is 10.7 Å². The van der Waals surface area contributed by atoms with Crippen molar-refractivity contribution in [1.29, 1.82) is 0 Å². The lowest BCUT2D eigenvalue weighted by atomic mass is 10.3. The zero-order chi connectivity index (χ0) is 23.4. The Hall–Kier alpha value is -2.71. The standard InChI is InChI=1S/C20H19IN4O5S2/c1-31(27,28)25(17-9-5-15(21)6-10-17)14-20(26)23-16-7-11-18(12-8-16)32(29,30)24-19-4-2-3-13-22-19/h2-13H,14H2,1H3,(H,22,24)(H,23,26). The number of nitrogens with one attached hydrogen (secondary N) is 2. The van der Waals surface area contributed by atoms with Gasteiger partial charge in [-0.3, -0.25) is 13.8 Å². The summed E-state index contributed by atoms with van der Waals surface area (Å²) in [6.07, 6.45) is 2.49. The van der Waals surface area contributed by atoms with Crippen LogP contribution in [0.4, 0.5) is 17.2 Å². The Balaban J connectivity index is 1.70. The summed E-state index contributed by atoms with van der Waals surface area (Å²) in [4.78, 5) is 16.4. The molecule has 1 amide bonds. The van der Waals surface area contributed by atoms with E-state index in [0.717, 1.165) is 14.1 Å². The Labute approximate surface area is 200 Å². The molecule has 0 saturated carbocycles. The minimum absolute atomic E-state index is 0.0159. The van der Waals surface area contributed by atoms with E-state index in [1.165, 1.54) is 36.5 Å². The van der Waals surface area contributed by atoms with E-state index in [1.54, 1.807) is 36.4 Å². The van der Waals surface area contributed by atoms with Crippen molar-refractivity contribution < 1.29 is 21.6 Å². The van der Waals surface area contributed by atoms with E-state index in [2.05, 4.69) is 37.6 Å². The molecule has 0 saturated heterocycles. The second-order valence-electron chi connectivity index (χ2n) is 6.64. The summed E-state index contributed by atoms with van der Waals surface area (Å²) in [6, 6.07) is 17.0. The number of aromatic nitrogens is 1. The number of carbonyl (C=O) groups is 1. The molecule has 0 aliphatic heterocycles. The monoisotopic (exact) mass is 586 g/mol. The van der Waals surface area contributed by atoms with Gasteiger partial charge in [-0.25, -0.2) is 21.8 Å². The van der Waals surface area contributed by atoms with Crippen molar-refractivity contribution in [2.75, 3.05) is 27.1 Å². The van der Waals surface area contributed by atoms with Crippen LogP contribution in [0.15, 0.2) is 77.8 Å². The maximum atomic E-state index is 12.5. The molecule has 0 spiro atoms. The first-order valence-electron chi connectivity index (χ1n) is 9.12. The number of hydrogen-bond donors (Lipinski definition) is 2. The molecule has 0 bridgehead atoms. The normalized spacial score (nSPS) is 11.6. The Morgan fingerprint density at radius 1 is 0.969 bits per heavy atom. The van der Waals surface area contributed by atoms with Crippen LogP contribution in [0.25, 0.3) is 0 Å². The molecule has 2 N–H and O–H groups in total. The van der Waals surface area contributed by atoms with Gasteiger partial charge in [-0.1, -0.05) is 6.07 Å². The van der Waals surface area contributed by atoms with E-state index >= 15 is 0 Å². The van der Waals surface area contributed by atoms with Crippen LogP contribution >= 0.6 is 22.6 Å². The van der Waals surface area contributed by atoms with Gasteiger partial charge in [0, 0.05) is 15.5 Å². The number of rotatable bonds is 8. The fourth-order valence-electron chi connectivity index (χ4n) is 2.68. The second-order valence-corrected chi connectivity index (χ2v) is 11.5. The summed E-state index contributed by atoms with van der Waals surface area (Å²) in [6.45, 7) is -0.430. The lowest BCUT2D eigenvalue weighted by molar-refractivity contribution is -0.114. The Bertz CT molecular complexity index is 1300. The summed E-state index contributed by atoms with van der Waals surface area (Å²) in [5.74, 6) is -0.391. The topological polar surface area (TPSA) is 126 Å². The number of carbonyl (C=O) groups excluding carboxylic acids is 1. The van der Waals surface area contributed by atoms with Gasteiger partial charge in [-0.05, 0) is 83.3 Å². The van der Waals surface area contributed by atoms with Crippen molar-refractivity contribution in [3.05, 3.63) is 76.5 Å². The molecule has 3 rings (SSSR count). The fraction of sp³-hybridized carbons (Fsp3) is 0.100. The molecule has 0 unspecified atom stereocenters. The molecule has 1 aromatic heterocycles. The van der Waals surface area contributed by atoms with E-state index in [1.807, 2.05) is 0 Å².